The zero-order chi connectivity index (χ0) is 26.0. The van der Waals surface area contributed by atoms with E-state index < -0.39 is 11.0 Å². The van der Waals surface area contributed by atoms with Crippen molar-refractivity contribution in [3.63, 3.8) is 0 Å². The normalized spacial score (nSPS) is 29.5. The van der Waals surface area contributed by atoms with Crippen LogP contribution in [0.5, 0.6) is 0 Å². The topological polar surface area (TPSA) is 82.8 Å². The zero-order valence-corrected chi connectivity index (χ0v) is 21.9. The zero-order valence-electron chi connectivity index (χ0n) is 21.9. The highest BCUT2D eigenvalue weighted by atomic mass is 16.3. The van der Waals surface area contributed by atoms with Crippen molar-refractivity contribution in [3.8, 4) is 11.1 Å². The van der Waals surface area contributed by atoms with Crippen molar-refractivity contribution in [2.24, 2.45) is 16.7 Å². The fourth-order valence-corrected chi connectivity index (χ4v) is 7.59. The van der Waals surface area contributed by atoms with Gasteiger partial charge in [0.1, 0.15) is 0 Å². The molecule has 196 valence electrons. The van der Waals surface area contributed by atoms with Crippen LogP contribution in [0.3, 0.4) is 0 Å². The summed E-state index contributed by atoms with van der Waals surface area (Å²) in [6.07, 6.45) is 8.91. The maximum Gasteiger partial charge on any atom is 0.255 e. The summed E-state index contributed by atoms with van der Waals surface area (Å²) in [6, 6.07) is 11.0. The summed E-state index contributed by atoms with van der Waals surface area (Å²) in [5.41, 5.74) is -0.0418. The third kappa shape index (κ3) is 3.77. The van der Waals surface area contributed by atoms with Crippen molar-refractivity contribution >= 4 is 11.8 Å². The predicted molar refractivity (Wildman–Crippen MR) is 141 cm³/mol. The van der Waals surface area contributed by atoms with Gasteiger partial charge in [-0.05, 0) is 50.0 Å². The Morgan fingerprint density at radius 3 is 2.32 bits per heavy atom. The molecule has 7 heteroatoms. The molecule has 2 bridgehead atoms. The van der Waals surface area contributed by atoms with Crippen LogP contribution >= 0.6 is 0 Å². The summed E-state index contributed by atoms with van der Waals surface area (Å²) in [7, 11) is 3.40. The van der Waals surface area contributed by atoms with E-state index in [-0.39, 0.29) is 29.3 Å². The monoisotopic (exact) mass is 503 g/mol. The number of carbonyl (C=O) groups excluding carboxylic acids is 2. The lowest BCUT2D eigenvalue weighted by Crippen LogP contribution is -2.67. The molecular formula is C30H37N3O4. The number of carbonyl (C=O) groups is 2. The van der Waals surface area contributed by atoms with Gasteiger partial charge in [-0.15, -0.1) is 0 Å². The Balaban J connectivity index is 1.33. The van der Waals surface area contributed by atoms with Gasteiger partial charge < -0.3 is 19.5 Å². The maximum absolute atomic E-state index is 13.4. The van der Waals surface area contributed by atoms with Crippen LogP contribution < -0.4 is 5.56 Å². The van der Waals surface area contributed by atoms with Gasteiger partial charge in [0.25, 0.3) is 11.5 Å². The van der Waals surface area contributed by atoms with Gasteiger partial charge in [0.05, 0.1) is 23.1 Å². The summed E-state index contributed by atoms with van der Waals surface area (Å²) in [5.74, 6) is 0.844. The number of aromatic nitrogens is 1. The number of hydrogen-bond donors (Lipinski definition) is 1. The van der Waals surface area contributed by atoms with E-state index in [2.05, 4.69) is 0 Å². The Bertz CT molecular complexity index is 1280. The Hall–Kier alpha value is -2.93. The minimum Gasteiger partial charge on any atom is -0.387 e. The van der Waals surface area contributed by atoms with Crippen molar-refractivity contribution in [3.05, 3.63) is 58.5 Å². The Kier molecular flexibility index (Phi) is 5.64. The first kappa shape index (κ1) is 24.4. The summed E-state index contributed by atoms with van der Waals surface area (Å²) in [4.78, 5) is 43.5. The molecule has 37 heavy (non-hydrogen) atoms. The van der Waals surface area contributed by atoms with Gasteiger partial charge in [-0.3, -0.25) is 14.4 Å². The fourth-order valence-electron chi connectivity index (χ4n) is 7.59. The summed E-state index contributed by atoms with van der Waals surface area (Å²) in [5, 5.41) is 12.2. The molecule has 1 N–H and O–H groups in total. The molecule has 5 fully saturated rings. The van der Waals surface area contributed by atoms with E-state index in [0.29, 0.717) is 30.6 Å². The molecule has 7 rings (SSSR count). The average Bonchev–Trinajstić information content (AvgIpc) is 3.30. The molecule has 2 heterocycles. The third-order valence-electron chi connectivity index (χ3n) is 9.90. The number of benzene rings is 1. The first-order valence-corrected chi connectivity index (χ1v) is 13.7. The molecule has 0 radical (unpaired) electrons. The van der Waals surface area contributed by atoms with Crippen LogP contribution in [-0.2, 0) is 11.3 Å². The lowest BCUT2D eigenvalue weighted by molar-refractivity contribution is -0.192. The van der Waals surface area contributed by atoms with E-state index in [9.17, 15) is 19.5 Å². The number of amides is 2. The molecule has 5 aliphatic rings. The Morgan fingerprint density at radius 2 is 1.73 bits per heavy atom. The van der Waals surface area contributed by atoms with Crippen molar-refractivity contribution in [2.45, 2.75) is 63.5 Å². The largest absolute Gasteiger partial charge is 0.387 e. The molecule has 1 saturated heterocycles. The van der Waals surface area contributed by atoms with Crippen LogP contribution in [0.4, 0.5) is 0 Å². The highest BCUT2D eigenvalue weighted by Gasteiger charge is 2.64. The second kappa shape index (κ2) is 8.55. The van der Waals surface area contributed by atoms with Crippen molar-refractivity contribution in [1.29, 1.82) is 0 Å². The van der Waals surface area contributed by atoms with Crippen LogP contribution in [0.1, 0.15) is 61.7 Å². The molecule has 1 aromatic heterocycles. The van der Waals surface area contributed by atoms with Gasteiger partial charge >= 0.3 is 0 Å². The van der Waals surface area contributed by atoms with Crippen LogP contribution in [-0.4, -0.2) is 64.1 Å². The standard InChI is InChI=1S/C30H37N3O4/c1-31(2)26(35)24-18-33(25(34)14-23(24)22-8-4-3-5-9-22)20-30(37)12-13-32(19-29(30)10-6-7-11-29)27(36)28-15-21(16-28)17-28/h3-5,8-9,14,18,21,37H,6-7,10-13,15-17,19-20H2,1-2H3. The number of pyridine rings is 1. The van der Waals surface area contributed by atoms with E-state index >= 15 is 0 Å². The molecule has 1 aromatic carbocycles. The average molecular weight is 504 g/mol. The molecule has 1 spiro atoms. The van der Waals surface area contributed by atoms with Gasteiger partial charge in [-0.1, -0.05) is 43.2 Å². The third-order valence-corrected chi connectivity index (χ3v) is 9.90. The molecule has 1 unspecified atom stereocenters. The fraction of sp³-hybridized carbons (Fsp3) is 0.567. The predicted octanol–water partition coefficient (Wildman–Crippen LogP) is 3.54. The minimum atomic E-state index is -1.11. The van der Waals surface area contributed by atoms with Gasteiger partial charge in [0.2, 0.25) is 5.91 Å². The van der Waals surface area contributed by atoms with Crippen LogP contribution in [0.25, 0.3) is 11.1 Å². The first-order chi connectivity index (χ1) is 17.7. The lowest BCUT2D eigenvalue weighted by Gasteiger charge is -2.63. The number of hydrogen-bond acceptors (Lipinski definition) is 4. The molecule has 1 atom stereocenters. The molecule has 1 aliphatic heterocycles. The van der Waals surface area contributed by atoms with Gasteiger partial charge in [-0.25, -0.2) is 0 Å². The van der Waals surface area contributed by atoms with Crippen LogP contribution in [0, 0.1) is 16.7 Å². The van der Waals surface area contributed by atoms with Crippen molar-refractivity contribution in [2.75, 3.05) is 27.2 Å². The molecule has 2 aromatic rings. The quantitative estimate of drug-likeness (QED) is 0.677. The van der Waals surface area contributed by atoms with E-state index in [0.717, 1.165) is 56.4 Å². The molecule has 4 saturated carbocycles. The molecular weight excluding hydrogens is 466 g/mol. The molecule has 4 aliphatic carbocycles. The van der Waals surface area contributed by atoms with Gasteiger partial charge in [-0.2, -0.15) is 0 Å². The summed E-state index contributed by atoms with van der Waals surface area (Å²) >= 11 is 0. The number of piperidine rings is 1. The van der Waals surface area contributed by atoms with Gasteiger partial charge in [0, 0.05) is 50.4 Å². The lowest BCUT2D eigenvalue weighted by atomic mass is 9.44. The van der Waals surface area contributed by atoms with E-state index in [4.69, 9.17) is 0 Å². The van der Waals surface area contributed by atoms with Crippen LogP contribution in [0.15, 0.2) is 47.4 Å². The number of rotatable bonds is 5. The van der Waals surface area contributed by atoms with E-state index in [1.165, 1.54) is 15.5 Å². The van der Waals surface area contributed by atoms with Gasteiger partial charge in [0.15, 0.2) is 0 Å². The summed E-state index contributed by atoms with van der Waals surface area (Å²) in [6.45, 7) is 1.21. The number of aliphatic hydroxyl groups is 1. The first-order valence-electron chi connectivity index (χ1n) is 13.7. The highest BCUT2D eigenvalue weighted by Crippen LogP contribution is 2.65. The maximum atomic E-state index is 13.4. The SMILES string of the molecule is CN(C)C(=O)c1cn(CC2(O)CCN(C(=O)C34CC(C3)C4)CC23CCCC3)c(=O)cc1-c1ccccc1. The van der Waals surface area contributed by atoms with Crippen molar-refractivity contribution < 1.29 is 14.7 Å². The van der Waals surface area contributed by atoms with Crippen molar-refractivity contribution in [1.82, 2.24) is 14.4 Å². The van der Waals surface area contributed by atoms with Crippen LogP contribution in [0.2, 0.25) is 0 Å². The second-order valence-electron chi connectivity index (χ2n) is 12.4. The van der Waals surface area contributed by atoms with E-state index in [1.54, 1.807) is 20.3 Å². The summed E-state index contributed by atoms with van der Waals surface area (Å²) < 4.78 is 1.53. The minimum absolute atomic E-state index is 0.119. The van der Waals surface area contributed by atoms with E-state index in [1.807, 2.05) is 35.2 Å². The Labute approximate surface area is 218 Å². The molecule has 2 amide bonds. The molecule has 7 nitrogen and oxygen atoms in total. The highest BCUT2D eigenvalue weighted by molar-refractivity contribution is 6.00. The Morgan fingerprint density at radius 1 is 1.05 bits per heavy atom. The number of nitrogens with zero attached hydrogens (tertiary/aromatic N) is 3. The number of likely N-dealkylation sites (tertiary alicyclic amines) is 1. The second-order valence-corrected chi connectivity index (χ2v) is 12.4. The smallest absolute Gasteiger partial charge is 0.255 e.